The van der Waals surface area contributed by atoms with E-state index in [1.165, 1.54) is 16.8 Å². The lowest BCUT2D eigenvalue weighted by molar-refractivity contribution is -0.137. The Balaban J connectivity index is 1.14. The van der Waals surface area contributed by atoms with E-state index in [1.54, 1.807) is 16.7 Å². The third kappa shape index (κ3) is 5.32. The minimum Gasteiger partial charge on any atom is -0.369 e. The summed E-state index contributed by atoms with van der Waals surface area (Å²) in [5.74, 6) is 0. The number of piperazine rings is 1. The van der Waals surface area contributed by atoms with E-state index >= 15 is 0 Å². The largest absolute Gasteiger partial charge is 0.416 e. The molecule has 1 aliphatic rings. The van der Waals surface area contributed by atoms with E-state index in [-0.39, 0.29) is 5.69 Å². The molecule has 0 bridgehead atoms. The summed E-state index contributed by atoms with van der Waals surface area (Å²) in [5, 5.41) is 4.35. The number of hydrogen-bond acceptors (Lipinski definition) is 4. The molecule has 0 unspecified atom stereocenters. The van der Waals surface area contributed by atoms with Gasteiger partial charge in [-0.25, -0.2) is 9.48 Å². The highest BCUT2D eigenvalue weighted by Crippen LogP contribution is 2.31. The molecule has 1 fully saturated rings. The van der Waals surface area contributed by atoms with E-state index in [0.717, 1.165) is 64.5 Å². The molecule has 32 heavy (non-hydrogen) atoms. The lowest BCUT2D eigenvalue weighted by Crippen LogP contribution is -2.46. The molecular formula is C23H28F3N5O. The number of halogens is 3. The molecule has 0 radical (unpaired) electrons. The molecule has 0 spiro atoms. The van der Waals surface area contributed by atoms with Crippen LogP contribution in [0.15, 0.2) is 53.5 Å². The van der Waals surface area contributed by atoms with Crippen LogP contribution < -0.4 is 10.6 Å². The second-order valence-electron chi connectivity index (χ2n) is 8.23. The number of aryl methyl sites for hydroxylation is 1. The van der Waals surface area contributed by atoms with Crippen molar-refractivity contribution in [3.63, 3.8) is 0 Å². The van der Waals surface area contributed by atoms with Crippen molar-refractivity contribution in [1.82, 2.24) is 19.1 Å². The van der Waals surface area contributed by atoms with Crippen molar-refractivity contribution in [1.29, 1.82) is 0 Å². The fourth-order valence-electron chi connectivity index (χ4n) is 4.17. The zero-order chi connectivity index (χ0) is 22.6. The Morgan fingerprint density at radius 1 is 0.875 bits per heavy atom. The Labute approximate surface area is 184 Å². The number of aromatic nitrogens is 3. The van der Waals surface area contributed by atoms with E-state index in [1.807, 2.05) is 23.1 Å². The average molecular weight is 448 g/mol. The van der Waals surface area contributed by atoms with Crippen LogP contribution in [0.2, 0.25) is 0 Å². The van der Waals surface area contributed by atoms with Crippen molar-refractivity contribution in [2.24, 2.45) is 0 Å². The number of pyridine rings is 1. The van der Waals surface area contributed by atoms with Gasteiger partial charge in [-0.1, -0.05) is 25.0 Å². The predicted octanol–water partition coefficient (Wildman–Crippen LogP) is 3.90. The highest BCUT2D eigenvalue weighted by atomic mass is 19.4. The molecule has 2 aromatic heterocycles. The van der Waals surface area contributed by atoms with Crippen LogP contribution in [0.1, 0.15) is 31.2 Å². The first-order valence-electron chi connectivity index (χ1n) is 11.1. The molecule has 4 rings (SSSR count). The van der Waals surface area contributed by atoms with E-state index in [9.17, 15) is 18.0 Å². The van der Waals surface area contributed by atoms with Gasteiger partial charge in [0.15, 0.2) is 5.65 Å². The van der Waals surface area contributed by atoms with E-state index in [2.05, 4.69) is 10.00 Å². The van der Waals surface area contributed by atoms with Gasteiger partial charge in [-0.15, -0.1) is 5.10 Å². The Kier molecular flexibility index (Phi) is 6.83. The van der Waals surface area contributed by atoms with Gasteiger partial charge in [0.25, 0.3) is 0 Å². The summed E-state index contributed by atoms with van der Waals surface area (Å²) in [5.41, 5.74) is 0.617. The van der Waals surface area contributed by atoms with Crippen LogP contribution in [-0.2, 0) is 12.7 Å². The zero-order valence-corrected chi connectivity index (χ0v) is 18.0. The number of nitrogens with zero attached hydrogens (tertiary/aromatic N) is 5. The topological polar surface area (TPSA) is 45.8 Å². The van der Waals surface area contributed by atoms with Crippen LogP contribution in [0.3, 0.4) is 0 Å². The fourth-order valence-corrected chi connectivity index (χ4v) is 4.17. The minimum atomic E-state index is -4.31. The van der Waals surface area contributed by atoms with Crippen molar-refractivity contribution in [2.45, 2.75) is 38.4 Å². The Morgan fingerprint density at radius 2 is 1.62 bits per heavy atom. The minimum absolute atomic E-state index is 0.0979. The molecule has 172 valence electrons. The molecule has 0 amide bonds. The average Bonchev–Trinajstić information content (AvgIpc) is 3.12. The number of benzene rings is 1. The van der Waals surface area contributed by atoms with Gasteiger partial charge in [0, 0.05) is 44.6 Å². The van der Waals surface area contributed by atoms with Gasteiger partial charge in [0.05, 0.1) is 5.56 Å². The zero-order valence-electron chi connectivity index (χ0n) is 18.0. The maximum Gasteiger partial charge on any atom is 0.416 e. The predicted molar refractivity (Wildman–Crippen MR) is 118 cm³/mol. The van der Waals surface area contributed by atoms with Crippen LogP contribution in [0, 0.1) is 0 Å². The van der Waals surface area contributed by atoms with Crippen molar-refractivity contribution in [2.75, 3.05) is 37.6 Å². The van der Waals surface area contributed by atoms with Crippen LogP contribution in [0.25, 0.3) is 5.65 Å². The molecule has 0 atom stereocenters. The third-order valence-electron chi connectivity index (χ3n) is 5.99. The monoisotopic (exact) mass is 447 g/mol. The summed E-state index contributed by atoms with van der Waals surface area (Å²) in [6, 6.07) is 11.1. The van der Waals surface area contributed by atoms with Crippen LogP contribution >= 0.6 is 0 Å². The number of hydrogen-bond donors (Lipinski definition) is 0. The van der Waals surface area contributed by atoms with Gasteiger partial charge >= 0.3 is 11.9 Å². The molecule has 1 saturated heterocycles. The molecule has 3 heterocycles. The van der Waals surface area contributed by atoms with Gasteiger partial charge in [-0.2, -0.15) is 13.2 Å². The van der Waals surface area contributed by atoms with E-state index in [4.69, 9.17) is 0 Å². The normalized spacial score (nSPS) is 15.5. The smallest absolute Gasteiger partial charge is 0.369 e. The second kappa shape index (κ2) is 9.77. The number of fused-ring (bicyclic) bond motifs is 1. The standard InChI is InChI=1S/C23H28F3N5O/c24-23(25,26)19-8-7-9-20(18-19)29-16-14-28(15-17-29)11-4-1-2-5-13-31-22(32)30-12-6-3-10-21(30)27-31/h3,6-10,12,18H,1-2,4-5,11,13-17H2. The first-order valence-corrected chi connectivity index (χ1v) is 11.1. The van der Waals surface area contributed by atoms with Crippen LogP contribution in [0.5, 0.6) is 0 Å². The van der Waals surface area contributed by atoms with Crippen molar-refractivity contribution >= 4 is 11.3 Å². The van der Waals surface area contributed by atoms with Crippen LogP contribution in [-0.4, -0.2) is 51.8 Å². The number of alkyl halides is 3. The first-order chi connectivity index (χ1) is 15.4. The van der Waals surface area contributed by atoms with Gasteiger partial charge in [0.2, 0.25) is 0 Å². The molecule has 0 saturated carbocycles. The summed E-state index contributed by atoms with van der Waals surface area (Å²) in [6.07, 6.45) is 1.52. The number of anilines is 1. The maximum absolute atomic E-state index is 12.9. The highest BCUT2D eigenvalue weighted by Gasteiger charge is 2.31. The lowest BCUT2D eigenvalue weighted by atomic mass is 10.1. The summed E-state index contributed by atoms with van der Waals surface area (Å²) in [6.45, 7) is 4.79. The van der Waals surface area contributed by atoms with Gasteiger partial charge in [-0.3, -0.25) is 9.30 Å². The summed E-state index contributed by atoms with van der Waals surface area (Å²) < 4.78 is 41.9. The van der Waals surface area contributed by atoms with Gasteiger partial charge < -0.3 is 4.90 Å². The third-order valence-corrected chi connectivity index (χ3v) is 5.99. The van der Waals surface area contributed by atoms with Gasteiger partial charge in [0.1, 0.15) is 0 Å². The number of rotatable bonds is 8. The SMILES string of the molecule is O=c1n(CCCCCCN2CCN(c3cccc(C(F)(F)F)c3)CC2)nc2ccccn12. The van der Waals surface area contributed by atoms with Crippen LogP contribution in [0.4, 0.5) is 18.9 Å². The Hall–Kier alpha value is -2.81. The van der Waals surface area contributed by atoms with Crippen molar-refractivity contribution in [3.8, 4) is 0 Å². The molecule has 9 heteroatoms. The van der Waals surface area contributed by atoms with Crippen molar-refractivity contribution in [3.05, 3.63) is 64.7 Å². The summed E-state index contributed by atoms with van der Waals surface area (Å²) >= 11 is 0. The van der Waals surface area contributed by atoms with E-state index < -0.39 is 11.7 Å². The lowest BCUT2D eigenvalue weighted by Gasteiger charge is -2.36. The molecular weight excluding hydrogens is 419 g/mol. The molecule has 3 aromatic rings. The molecule has 6 nitrogen and oxygen atoms in total. The van der Waals surface area contributed by atoms with E-state index in [0.29, 0.717) is 17.9 Å². The number of unbranched alkanes of at least 4 members (excludes halogenated alkanes) is 3. The summed E-state index contributed by atoms with van der Waals surface area (Å²) in [4.78, 5) is 16.6. The van der Waals surface area contributed by atoms with Gasteiger partial charge in [-0.05, 0) is 49.7 Å². The fraction of sp³-hybridized carbons (Fsp3) is 0.478. The Morgan fingerprint density at radius 3 is 2.34 bits per heavy atom. The quantitative estimate of drug-likeness (QED) is 0.492. The Bertz CT molecular complexity index is 1080. The highest BCUT2D eigenvalue weighted by molar-refractivity contribution is 5.49. The summed E-state index contributed by atoms with van der Waals surface area (Å²) in [7, 11) is 0. The van der Waals surface area contributed by atoms with Crippen molar-refractivity contribution < 1.29 is 13.2 Å². The molecule has 0 aliphatic carbocycles. The molecule has 0 N–H and O–H groups in total. The first kappa shape index (κ1) is 22.4. The maximum atomic E-state index is 12.9. The molecule has 1 aliphatic heterocycles. The molecule has 1 aromatic carbocycles. The second-order valence-corrected chi connectivity index (χ2v) is 8.23.